The summed E-state index contributed by atoms with van der Waals surface area (Å²) in [4.78, 5) is 12.1. The molecule has 2 aromatic heterocycles. The molecule has 0 fully saturated rings. The van der Waals surface area contributed by atoms with Gasteiger partial charge in [-0.3, -0.25) is 14.6 Å². The maximum absolute atomic E-state index is 12.1. The lowest BCUT2D eigenvalue weighted by atomic mass is 9.93. The first-order chi connectivity index (χ1) is 9.15. The second kappa shape index (κ2) is 4.53. The number of carbonyl (C=O) groups excluding carboxylic acids is 1. The first-order valence-electron chi connectivity index (χ1n) is 6.49. The van der Waals surface area contributed by atoms with E-state index < -0.39 is 0 Å². The number of nitrogens with zero attached hydrogens (tertiary/aromatic N) is 3. The van der Waals surface area contributed by atoms with Crippen LogP contribution in [-0.4, -0.2) is 25.9 Å². The number of hydrogen-bond donors (Lipinski definition) is 2. The second-order valence-corrected chi connectivity index (χ2v) is 5.02. The van der Waals surface area contributed by atoms with Crippen LogP contribution in [0.3, 0.4) is 0 Å². The zero-order valence-electron chi connectivity index (χ0n) is 11.1. The quantitative estimate of drug-likeness (QED) is 0.852. The number of amides is 1. The van der Waals surface area contributed by atoms with E-state index in [-0.39, 0.29) is 11.9 Å². The van der Waals surface area contributed by atoms with Crippen LogP contribution in [-0.2, 0) is 13.5 Å². The number of rotatable bonds is 2. The topological polar surface area (TPSA) is 75.6 Å². The molecule has 3 rings (SSSR count). The molecule has 0 radical (unpaired) electrons. The Bertz CT molecular complexity index is 612. The maximum Gasteiger partial charge on any atom is 0.272 e. The predicted molar refractivity (Wildman–Crippen MR) is 69.7 cm³/mol. The van der Waals surface area contributed by atoms with Crippen molar-refractivity contribution in [1.82, 2.24) is 25.3 Å². The fourth-order valence-corrected chi connectivity index (χ4v) is 2.62. The maximum atomic E-state index is 12.1. The highest BCUT2D eigenvalue weighted by atomic mass is 16.2. The molecular formula is C13H17N5O. The summed E-state index contributed by atoms with van der Waals surface area (Å²) in [5.74, 6) is -0.133. The molecule has 0 saturated carbocycles. The first-order valence-corrected chi connectivity index (χ1v) is 6.49. The molecule has 0 spiro atoms. The van der Waals surface area contributed by atoms with Gasteiger partial charge in [0.1, 0.15) is 5.69 Å². The number of aromatic amines is 1. The molecule has 100 valence electrons. The molecule has 0 aliphatic heterocycles. The normalized spacial score (nSPS) is 18.1. The molecule has 2 aromatic rings. The molecule has 2 N–H and O–H groups in total. The highest BCUT2D eigenvalue weighted by Crippen LogP contribution is 2.29. The minimum absolute atomic E-state index is 0.0435. The van der Waals surface area contributed by atoms with Gasteiger partial charge in [0.15, 0.2) is 0 Å². The average Bonchev–Trinajstić information content (AvgIpc) is 2.98. The first kappa shape index (κ1) is 12.0. The van der Waals surface area contributed by atoms with Crippen molar-refractivity contribution < 1.29 is 4.79 Å². The third kappa shape index (κ3) is 2.14. The molecule has 1 amide bonds. The fraction of sp³-hybridized carbons (Fsp3) is 0.462. The molecule has 1 aliphatic carbocycles. The highest BCUT2D eigenvalue weighted by Gasteiger charge is 2.25. The van der Waals surface area contributed by atoms with Crippen molar-refractivity contribution >= 4 is 5.91 Å². The van der Waals surface area contributed by atoms with E-state index in [4.69, 9.17) is 0 Å². The van der Waals surface area contributed by atoms with Crippen molar-refractivity contribution in [3.8, 4) is 0 Å². The number of nitrogens with one attached hydrogen (secondary N) is 2. The zero-order chi connectivity index (χ0) is 13.4. The molecular weight excluding hydrogens is 242 g/mol. The van der Waals surface area contributed by atoms with E-state index in [1.165, 1.54) is 5.69 Å². The smallest absolute Gasteiger partial charge is 0.272 e. The third-order valence-electron chi connectivity index (χ3n) is 3.62. The van der Waals surface area contributed by atoms with Crippen molar-refractivity contribution in [1.29, 1.82) is 0 Å². The van der Waals surface area contributed by atoms with Crippen LogP contribution in [0.15, 0.2) is 12.3 Å². The average molecular weight is 259 g/mol. The molecule has 1 atom stereocenters. The van der Waals surface area contributed by atoms with Crippen molar-refractivity contribution in [2.45, 2.75) is 32.2 Å². The van der Waals surface area contributed by atoms with Crippen molar-refractivity contribution in [2.24, 2.45) is 7.05 Å². The summed E-state index contributed by atoms with van der Waals surface area (Å²) >= 11 is 0. The second-order valence-electron chi connectivity index (χ2n) is 5.02. The molecule has 2 heterocycles. The summed E-state index contributed by atoms with van der Waals surface area (Å²) in [7, 11) is 1.94. The van der Waals surface area contributed by atoms with Crippen LogP contribution >= 0.6 is 0 Å². The SMILES string of the molecule is Cc1cc(C(=O)N[C@H]2CCCc3c2cnn3C)n[nH]1. The summed E-state index contributed by atoms with van der Waals surface area (Å²) in [5, 5.41) is 14.1. The standard InChI is InChI=1S/C13H17N5O/c1-8-6-11(17-16-8)13(19)15-10-4-3-5-12-9(10)7-14-18(12)2/h6-7,10H,3-5H2,1-2H3,(H,15,19)(H,16,17)/t10-/m0/s1. The van der Waals surface area contributed by atoms with E-state index in [9.17, 15) is 4.79 Å². The molecule has 6 nitrogen and oxygen atoms in total. The van der Waals surface area contributed by atoms with E-state index in [1.807, 2.05) is 24.9 Å². The van der Waals surface area contributed by atoms with Gasteiger partial charge in [-0.25, -0.2) is 0 Å². The van der Waals surface area contributed by atoms with E-state index in [2.05, 4.69) is 20.6 Å². The summed E-state index contributed by atoms with van der Waals surface area (Å²) in [5.41, 5.74) is 3.67. The Labute approximate surface area is 111 Å². The number of aromatic nitrogens is 4. The van der Waals surface area contributed by atoms with Gasteiger partial charge in [-0.2, -0.15) is 10.2 Å². The Morgan fingerprint density at radius 1 is 1.58 bits per heavy atom. The molecule has 19 heavy (non-hydrogen) atoms. The Morgan fingerprint density at radius 3 is 3.16 bits per heavy atom. The number of hydrogen-bond acceptors (Lipinski definition) is 3. The van der Waals surface area contributed by atoms with Crippen LogP contribution in [0.1, 0.15) is 46.3 Å². The van der Waals surface area contributed by atoms with Gasteiger partial charge in [-0.15, -0.1) is 0 Å². The van der Waals surface area contributed by atoms with Crippen LogP contribution in [0.4, 0.5) is 0 Å². The van der Waals surface area contributed by atoms with E-state index in [0.717, 1.165) is 30.5 Å². The minimum atomic E-state index is -0.133. The number of H-pyrrole nitrogens is 1. The predicted octanol–water partition coefficient (Wildman–Crippen LogP) is 1.26. The van der Waals surface area contributed by atoms with Gasteiger partial charge in [0.2, 0.25) is 0 Å². The van der Waals surface area contributed by atoms with Crippen LogP contribution in [0, 0.1) is 6.92 Å². The highest BCUT2D eigenvalue weighted by molar-refractivity contribution is 5.92. The molecule has 6 heteroatoms. The van der Waals surface area contributed by atoms with Crippen molar-refractivity contribution in [3.05, 3.63) is 34.9 Å². The molecule has 1 aliphatic rings. The molecule has 0 saturated heterocycles. The van der Waals surface area contributed by atoms with Gasteiger partial charge in [-0.05, 0) is 32.3 Å². The summed E-state index contributed by atoms with van der Waals surface area (Å²) in [6.07, 6.45) is 4.90. The third-order valence-corrected chi connectivity index (χ3v) is 3.62. The Hall–Kier alpha value is -2.11. The van der Waals surface area contributed by atoms with Gasteiger partial charge in [0.25, 0.3) is 5.91 Å². The lowest BCUT2D eigenvalue weighted by molar-refractivity contribution is 0.0927. The van der Waals surface area contributed by atoms with Crippen LogP contribution in [0.2, 0.25) is 0 Å². The molecule has 0 bridgehead atoms. The van der Waals surface area contributed by atoms with E-state index >= 15 is 0 Å². The lowest BCUT2D eigenvalue weighted by Gasteiger charge is -2.23. The number of aryl methyl sites for hydroxylation is 2. The summed E-state index contributed by atoms with van der Waals surface area (Å²) in [6, 6.07) is 1.80. The fourth-order valence-electron chi connectivity index (χ4n) is 2.62. The Kier molecular flexibility index (Phi) is 2.85. The molecule has 0 aromatic carbocycles. The number of carbonyl (C=O) groups is 1. The summed E-state index contributed by atoms with van der Waals surface area (Å²) < 4.78 is 1.90. The van der Waals surface area contributed by atoms with Gasteiger partial charge in [-0.1, -0.05) is 0 Å². The largest absolute Gasteiger partial charge is 0.344 e. The van der Waals surface area contributed by atoms with Crippen LogP contribution in [0.5, 0.6) is 0 Å². The van der Waals surface area contributed by atoms with E-state index in [0.29, 0.717) is 5.69 Å². The Morgan fingerprint density at radius 2 is 2.42 bits per heavy atom. The van der Waals surface area contributed by atoms with Gasteiger partial charge in [0, 0.05) is 24.0 Å². The molecule has 0 unspecified atom stereocenters. The number of fused-ring (bicyclic) bond motifs is 1. The van der Waals surface area contributed by atoms with Gasteiger partial charge < -0.3 is 5.32 Å². The van der Waals surface area contributed by atoms with Gasteiger partial charge >= 0.3 is 0 Å². The van der Waals surface area contributed by atoms with Crippen LogP contribution in [0.25, 0.3) is 0 Å². The van der Waals surface area contributed by atoms with Crippen LogP contribution < -0.4 is 5.32 Å². The minimum Gasteiger partial charge on any atom is -0.344 e. The zero-order valence-corrected chi connectivity index (χ0v) is 11.1. The monoisotopic (exact) mass is 259 g/mol. The lowest BCUT2D eigenvalue weighted by Crippen LogP contribution is -2.31. The Balaban J connectivity index is 1.79. The van der Waals surface area contributed by atoms with E-state index in [1.54, 1.807) is 6.07 Å². The van der Waals surface area contributed by atoms with Gasteiger partial charge in [0.05, 0.1) is 12.2 Å². The summed E-state index contributed by atoms with van der Waals surface area (Å²) in [6.45, 7) is 1.88. The van der Waals surface area contributed by atoms with Crippen molar-refractivity contribution in [2.75, 3.05) is 0 Å². The van der Waals surface area contributed by atoms with Crippen molar-refractivity contribution in [3.63, 3.8) is 0 Å².